The quantitative estimate of drug-likeness (QED) is 0.421. The Morgan fingerprint density at radius 3 is 2.29 bits per heavy atom. The Labute approximate surface area is 83.9 Å². The molecule has 0 aromatic heterocycles. The molecule has 0 bridgehead atoms. The van der Waals surface area contributed by atoms with Crippen LogP contribution in [0.15, 0.2) is 18.2 Å². The zero-order valence-electron chi connectivity index (χ0n) is 8.70. The fourth-order valence-electron chi connectivity index (χ4n) is 1.02. The molecular weight excluding hydrogens is 178 g/mol. The molecule has 3 heteroatoms. The molecule has 0 aliphatic rings. The first-order valence-corrected chi connectivity index (χ1v) is 4.29. The number of aryl methyl sites for hydroxylation is 1. The Balaban J connectivity index is 0.000000500. The minimum atomic E-state index is 0.0646. The summed E-state index contributed by atoms with van der Waals surface area (Å²) in [7, 11) is 0. The molecule has 0 aliphatic carbocycles. The van der Waals surface area contributed by atoms with E-state index in [0.717, 1.165) is 11.8 Å². The van der Waals surface area contributed by atoms with Crippen molar-refractivity contribution in [1.82, 2.24) is 0 Å². The van der Waals surface area contributed by atoms with Crippen molar-refractivity contribution in [2.75, 3.05) is 5.73 Å². The molecule has 3 nitrogen and oxygen atoms in total. The second kappa shape index (κ2) is 5.91. The van der Waals surface area contributed by atoms with Crippen LogP contribution >= 0.6 is 0 Å². The van der Waals surface area contributed by atoms with Crippen LogP contribution in [0.1, 0.15) is 29.8 Å². The van der Waals surface area contributed by atoms with Gasteiger partial charge in [0.05, 0.1) is 0 Å². The number of ketones is 1. The summed E-state index contributed by atoms with van der Waals surface area (Å²) in [4.78, 5) is 19.8. The van der Waals surface area contributed by atoms with Gasteiger partial charge in [-0.2, -0.15) is 0 Å². The van der Waals surface area contributed by atoms with E-state index in [1.807, 2.05) is 13.0 Å². The molecule has 0 unspecified atom stereocenters. The molecule has 0 aliphatic heterocycles. The van der Waals surface area contributed by atoms with E-state index < -0.39 is 0 Å². The van der Waals surface area contributed by atoms with E-state index in [-0.39, 0.29) is 5.78 Å². The Hall–Kier alpha value is -1.64. The second-order valence-corrected chi connectivity index (χ2v) is 2.87. The number of hydrogen-bond acceptors (Lipinski definition) is 3. The predicted octanol–water partition coefficient (Wildman–Crippen LogP) is 1.99. The third-order valence-electron chi connectivity index (χ3n) is 1.64. The highest BCUT2D eigenvalue weighted by Crippen LogP contribution is 2.12. The monoisotopic (exact) mass is 193 g/mol. The van der Waals surface area contributed by atoms with Gasteiger partial charge >= 0.3 is 0 Å². The topological polar surface area (TPSA) is 60.2 Å². The van der Waals surface area contributed by atoms with Crippen LogP contribution in [0.2, 0.25) is 0 Å². The molecule has 0 heterocycles. The SMILES string of the molecule is CC(=O)c1cc(N)ccc1C.CC=O. The van der Waals surface area contributed by atoms with Crippen LogP contribution in [-0.2, 0) is 4.79 Å². The zero-order valence-corrected chi connectivity index (χ0v) is 8.70. The number of rotatable bonds is 1. The van der Waals surface area contributed by atoms with Gasteiger partial charge in [0.1, 0.15) is 6.29 Å². The maximum absolute atomic E-state index is 11.0. The average molecular weight is 193 g/mol. The summed E-state index contributed by atoms with van der Waals surface area (Å²) in [5, 5.41) is 0. The molecule has 0 saturated heterocycles. The van der Waals surface area contributed by atoms with Crippen molar-refractivity contribution in [1.29, 1.82) is 0 Å². The second-order valence-electron chi connectivity index (χ2n) is 2.87. The van der Waals surface area contributed by atoms with Crippen molar-refractivity contribution >= 4 is 17.8 Å². The van der Waals surface area contributed by atoms with Crippen molar-refractivity contribution in [3.8, 4) is 0 Å². The van der Waals surface area contributed by atoms with Gasteiger partial charge in [0.15, 0.2) is 5.78 Å². The summed E-state index contributed by atoms with van der Waals surface area (Å²) in [6.07, 6.45) is 0.750. The molecule has 2 N–H and O–H groups in total. The molecule has 0 radical (unpaired) electrons. The van der Waals surface area contributed by atoms with Gasteiger partial charge in [-0.05, 0) is 38.5 Å². The van der Waals surface area contributed by atoms with Gasteiger partial charge in [0, 0.05) is 11.3 Å². The highest BCUT2D eigenvalue weighted by atomic mass is 16.1. The van der Waals surface area contributed by atoms with Crippen molar-refractivity contribution < 1.29 is 9.59 Å². The van der Waals surface area contributed by atoms with Crippen LogP contribution in [-0.4, -0.2) is 12.1 Å². The lowest BCUT2D eigenvalue weighted by Crippen LogP contribution is -1.97. The molecule has 1 aromatic rings. The largest absolute Gasteiger partial charge is 0.399 e. The van der Waals surface area contributed by atoms with Crippen LogP contribution in [0, 0.1) is 6.92 Å². The number of carbonyl (C=O) groups excluding carboxylic acids is 2. The molecule has 1 rings (SSSR count). The van der Waals surface area contributed by atoms with Gasteiger partial charge in [0.2, 0.25) is 0 Å². The van der Waals surface area contributed by atoms with Crippen LogP contribution in [0.3, 0.4) is 0 Å². The van der Waals surface area contributed by atoms with E-state index in [0.29, 0.717) is 11.3 Å². The molecule has 0 amide bonds. The predicted molar refractivity (Wildman–Crippen MR) is 57.3 cm³/mol. The van der Waals surface area contributed by atoms with Gasteiger partial charge < -0.3 is 10.5 Å². The number of nitrogen functional groups attached to an aromatic ring is 1. The van der Waals surface area contributed by atoms with E-state index in [9.17, 15) is 4.79 Å². The van der Waals surface area contributed by atoms with Gasteiger partial charge in [-0.25, -0.2) is 0 Å². The molecule has 14 heavy (non-hydrogen) atoms. The lowest BCUT2D eigenvalue weighted by molar-refractivity contribution is -0.106. The summed E-state index contributed by atoms with van der Waals surface area (Å²) in [5.74, 6) is 0.0646. The van der Waals surface area contributed by atoms with E-state index in [4.69, 9.17) is 10.5 Å². The molecule has 0 spiro atoms. The van der Waals surface area contributed by atoms with E-state index >= 15 is 0 Å². The lowest BCUT2D eigenvalue weighted by atomic mass is 10.1. The van der Waals surface area contributed by atoms with Crippen molar-refractivity contribution in [3.63, 3.8) is 0 Å². The van der Waals surface area contributed by atoms with Gasteiger partial charge in [-0.15, -0.1) is 0 Å². The van der Waals surface area contributed by atoms with Gasteiger partial charge in [-0.1, -0.05) is 6.07 Å². The van der Waals surface area contributed by atoms with Crippen LogP contribution in [0.25, 0.3) is 0 Å². The number of benzene rings is 1. The van der Waals surface area contributed by atoms with E-state index in [1.54, 1.807) is 19.1 Å². The van der Waals surface area contributed by atoms with E-state index in [1.165, 1.54) is 6.92 Å². The zero-order chi connectivity index (χ0) is 11.1. The minimum Gasteiger partial charge on any atom is -0.399 e. The first-order valence-electron chi connectivity index (χ1n) is 4.29. The molecule has 1 aromatic carbocycles. The Morgan fingerprint density at radius 1 is 1.43 bits per heavy atom. The fraction of sp³-hybridized carbons (Fsp3) is 0.273. The van der Waals surface area contributed by atoms with Gasteiger partial charge in [0.25, 0.3) is 0 Å². The van der Waals surface area contributed by atoms with Crippen molar-refractivity contribution in [2.45, 2.75) is 20.8 Å². The van der Waals surface area contributed by atoms with Crippen LogP contribution in [0.4, 0.5) is 5.69 Å². The summed E-state index contributed by atoms with van der Waals surface area (Å²) in [5.41, 5.74) is 7.84. The lowest BCUT2D eigenvalue weighted by Gasteiger charge is -2.01. The average Bonchev–Trinajstić information content (AvgIpc) is 2.10. The highest BCUT2D eigenvalue weighted by molar-refractivity contribution is 5.96. The fourth-order valence-corrected chi connectivity index (χ4v) is 1.02. The maximum Gasteiger partial charge on any atom is 0.160 e. The Bertz CT molecular complexity index is 332. The molecular formula is C11H15NO2. The molecule has 0 fully saturated rings. The number of hydrogen-bond donors (Lipinski definition) is 1. The smallest absolute Gasteiger partial charge is 0.160 e. The van der Waals surface area contributed by atoms with Crippen LogP contribution < -0.4 is 5.73 Å². The summed E-state index contributed by atoms with van der Waals surface area (Å²) >= 11 is 0. The molecule has 0 atom stereocenters. The maximum atomic E-state index is 11.0. The number of Topliss-reactive ketones (excluding diaryl/α,β-unsaturated/α-hetero) is 1. The summed E-state index contributed by atoms with van der Waals surface area (Å²) in [6.45, 7) is 4.89. The van der Waals surface area contributed by atoms with E-state index in [2.05, 4.69) is 0 Å². The first-order chi connectivity index (χ1) is 6.52. The number of carbonyl (C=O) groups is 2. The first kappa shape index (κ1) is 12.4. The number of anilines is 1. The minimum absolute atomic E-state index is 0.0646. The van der Waals surface area contributed by atoms with Crippen LogP contribution in [0.5, 0.6) is 0 Å². The standard InChI is InChI=1S/C9H11NO.C2H4O/c1-6-3-4-8(10)5-9(6)7(2)11;1-2-3/h3-5H,10H2,1-2H3;2H,1H3. The molecule has 0 saturated carbocycles. The Morgan fingerprint density at radius 2 is 1.93 bits per heavy atom. The van der Waals surface area contributed by atoms with Crippen molar-refractivity contribution in [3.05, 3.63) is 29.3 Å². The highest BCUT2D eigenvalue weighted by Gasteiger charge is 2.02. The number of nitrogens with two attached hydrogens (primary N) is 1. The van der Waals surface area contributed by atoms with Gasteiger partial charge in [-0.3, -0.25) is 4.79 Å². The van der Waals surface area contributed by atoms with Crippen molar-refractivity contribution in [2.24, 2.45) is 0 Å². The normalized spacial score (nSPS) is 8.50. The summed E-state index contributed by atoms with van der Waals surface area (Å²) in [6, 6.07) is 5.35. The summed E-state index contributed by atoms with van der Waals surface area (Å²) < 4.78 is 0. The third kappa shape index (κ3) is 3.85. The number of aldehydes is 1. The molecule has 76 valence electrons. The Kier molecular flexibility index (Phi) is 5.22. The third-order valence-corrected chi connectivity index (χ3v) is 1.64.